The van der Waals surface area contributed by atoms with Crippen LogP contribution in [0.4, 0.5) is 8.78 Å². The zero-order valence-corrected chi connectivity index (χ0v) is 8.29. The van der Waals surface area contributed by atoms with Gasteiger partial charge < -0.3 is 9.84 Å². The van der Waals surface area contributed by atoms with Crippen molar-refractivity contribution in [3.8, 4) is 11.5 Å². The second-order valence-electron chi connectivity index (χ2n) is 2.33. The lowest BCUT2D eigenvalue weighted by atomic mass is 10.2. The molecule has 0 fully saturated rings. The second-order valence-corrected chi connectivity index (χ2v) is 3.25. The summed E-state index contributed by atoms with van der Waals surface area (Å²) < 4.78 is 28.1. The number of ether oxygens (including phenoxy) is 1. The highest BCUT2D eigenvalue weighted by atomic mass is 79.9. The van der Waals surface area contributed by atoms with Crippen LogP contribution in [-0.4, -0.2) is 18.0 Å². The Balaban J connectivity index is 3.17. The van der Waals surface area contributed by atoms with E-state index in [4.69, 9.17) is 0 Å². The number of rotatable bonds is 3. The molecule has 0 atom stereocenters. The van der Waals surface area contributed by atoms with E-state index in [9.17, 15) is 18.7 Å². The first kappa shape index (κ1) is 10.9. The summed E-state index contributed by atoms with van der Waals surface area (Å²) in [5.41, 5.74) is -0.298. The van der Waals surface area contributed by atoms with Crippen molar-refractivity contribution in [3.05, 3.63) is 22.2 Å². The van der Waals surface area contributed by atoms with Gasteiger partial charge in [0, 0.05) is 4.47 Å². The third-order valence-corrected chi connectivity index (χ3v) is 1.88. The number of carbonyl (C=O) groups is 1. The Morgan fingerprint density at radius 2 is 2.14 bits per heavy atom. The molecule has 14 heavy (non-hydrogen) atoms. The maximum Gasteiger partial charge on any atom is 0.387 e. The quantitative estimate of drug-likeness (QED) is 0.856. The van der Waals surface area contributed by atoms with Crippen molar-refractivity contribution in [1.29, 1.82) is 0 Å². The number of benzene rings is 1. The van der Waals surface area contributed by atoms with E-state index in [2.05, 4.69) is 20.7 Å². The van der Waals surface area contributed by atoms with Gasteiger partial charge in [0.2, 0.25) is 0 Å². The van der Waals surface area contributed by atoms with E-state index in [1.54, 1.807) is 0 Å². The smallest absolute Gasteiger partial charge is 0.387 e. The molecule has 0 heterocycles. The van der Waals surface area contributed by atoms with E-state index < -0.39 is 12.4 Å². The minimum atomic E-state index is -3.04. The van der Waals surface area contributed by atoms with Crippen molar-refractivity contribution in [2.75, 3.05) is 0 Å². The van der Waals surface area contributed by atoms with Gasteiger partial charge in [-0.1, -0.05) is 15.9 Å². The molecule has 0 bridgehead atoms. The molecule has 1 rings (SSSR count). The fraction of sp³-hybridized carbons (Fsp3) is 0.125. The maximum absolute atomic E-state index is 11.9. The number of phenols is 1. The van der Waals surface area contributed by atoms with Gasteiger partial charge in [-0.25, -0.2) is 0 Å². The fourth-order valence-corrected chi connectivity index (χ4v) is 1.32. The first-order valence-corrected chi connectivity index (χ1v) is 4.26. The van der Waals surface area contributed by atoms with Gasteiger partial charge in [-0.15, -0.1) is 0 Å². The van der Waals surface area contributed by atoms with E-state index in [0.717, 1.165) is 0 Å². The molecule has 0 unspecified atom stereocenters. The van der Waals surface area contributed by atoms with Crippen LogP contribution in [0.2, 0.25) is 0 Å². The monoisotopic (exact) mass is 266 g/mol. The average molecular weight is 267 g/mol. The molecule has 1 aromatic carbocycles. The first-order chi connectivity index (χ1) is 6.54. The summed E-state index contributed by atoms with van der Waals surface area (Å²) in [5, 5.41) is 9.20. The van der Waals surface area contributed by atoms with E-state index in [-0.39, 0.29) is 17.6 Å². The van der Waals surface area contributed by atoms with Crippen LogP contribution < -0.4 is 4.74 Å². The molecule has 1 aromatic rings. The Labute approximate surface area is 86.4 Å². The van der Waals surface area contributed by atoms with Gasteiger partial charge in [0.1, 0.15) is 11.5 Å². The summed E-state index contributed by atoms with van der Waals surface area (Å²) in [6.45, 7) is -3.04. The van der Waals surface area contributed by atoms with Crippen LogP contribution >= 0.6 is 15.9 Å². The van der Waals surface area contributed by atoms with Crippen molar-refractivity contribution < 1.29 is 23.4 Å². The second kappa shape index (κ2) is 4.36. The van der Waals surface area contributed by atoms with Crippen LogP contribution in [0.3, 0.4) is 0 Å². The predicted octanol–water partition coefficient (Wildman–Crippen LogP) is 2.57. The molecular weight excluding hydrogens is 262 g/mol. The van der Waals surface area contributed by atoms with Crippen LogP contribution in [-0.2, 0) is 0 Å². The van der Waals surface area contributed by atoms with Crippen molar-refractivity contribution in [1.82, 2.24) is 0 Å². The van der Waals surface area contributed by atoms with Gasteiger partial charge in [-0.05, 0) is 12.1 Å². The van der Waals surface area contributed by atoms with Gasteiger partial charge in [0.15, 0.2) is 6.29 Å². The number of alkyl halides is 2. The molecule has 1 N–H and O–H groups in total. The zero-order chi connectivity index (χ0) is 10.7. The van der Waals surface area contributed by atoms with Gasteiger partial charge in [-0.2, -0.15) is 8.78 Å². The highest BCUT2D eigenvalue weighted by molar-refractivity contribution is 9.10. The Morgan fingerprint density at radius 1 is 1.50 bits per heavy atom. The molecule has 0 aliphatic carbocycles. The molecule has 0 spiro atoms. The topological polar surface area (TPSA) is 46.5 Å². The Morgan fingerprint density at radius 3 is 2.64 bits per heavy atom. The van der Waals surface area contributed by atoms with Gasteiger partial charge >= 0.3 is 6.61 Å². The molecular formula is C8H5BrF2O3. The SMILES string of the molecule is O=Cc1c(O)cc(Br)cc1OC(F)F. The van der Waals surface area contributed by atoms with Crippen LogP contribution in [0, 0.1) is 0 Å². The first-order valence-electron chi connectivity index (χ1n) is 3.47. The zero-order valence-electron chi connectivity index (χ0n) is 6.71. The Hall–Kier alpha value is -1.17. The Bertz CT molecular complexity index is 355. The largest absolute Gasteiger partial charge is 0.507 e. The van der Waals surface area contributed by atoms with Crippen molar-refractivity contribution >= 4 is 22.2 Å². The molecule has 0 aliphatic rings. The van der Waals surface area contributed by atoms with Crippen molar-refractivity contribution in [2.24, 2.45) is 0 Å². The van der Waals surface area contributed by atoms with Crippen LogP contribution in [0.5, 0.6) is 11.5 Å². The number of carbonyl (C=O) groups excluding carboxylic acids is 1. The van der Waals surface area contributed by atoms with Crippen LogP contribution in [0.1, 0.15) is 10.4 Å². The summed E-state index contributed by atoms with van der Waals surface area (Å²) in [7, 11) is 0. The summed E-state index contributed by atoms with van der Waals surface area (Å²) >= 11 is 2.97. The number of hydrogen-bond acceptors (Lipinski definition) is 3. The number of hydrogen-bond donors (Lipinski definition) is 1. The summed E-state index contributed by atoms with van der Waals surface area (Å²) in [6.07, 6.45) is 0.249. The molecule has 6 heteroatoms. The molecule has 0 amide bonds. The third-order valence-electron chi connectivity index (χ3n) is 1.42. The normalized spacial score (nSPS) is 10.3. The molecule has 76 valence electrons. The summed E-state index contributed by atoms with van der Waals surface area (Å²) in [6, 6.07) is 2.39. The fourth-order valence-electron chi connectivity index (χ4n) is 0.891. The number of halogens is 3. The molecule has 3 nitrogen and oxygen atoms in total. The van der Waals surface area contributed by atoms with E-state index >= 15 is 0 Å². The van der Waals surface area contributed by atoms with E-state index in [1.807, 2.05) is 0 Å². The van der Waals surface area contributed by atoms with E-state index in [0.29, 0.717) is 4.47 Å². The lowest BCUT2D eigenvalue weighted by molar-refractivity contribution is -0.0501. The standard InChI is InChI=1S/C8H5BrF2O3/c9-4-1-6(13)5(3-12)7(2-4)14-8(10)11/h1-3,8,13H. The van der Waals surface area contributed by atoms with Crippen molar-refractivity contribution in [3.63, 3.8) is 0 Å². The highest BCUT2D eigenvalue weighted by Gasteiger charge is 2.13. The van der Waals surface area contributed by atoms with Crippen LogP contribution in [0.15, 0.2) is 16.6 Å². The molecule has 0 aromatic heterocycles. The minimum absolute atomic E-state index is 0.249. The number of aldehydes is 1. The molecule has 0 radical (unpaired) electrons. The lowest BCUT2D eigenvalue weighted by Crippen LogP contribution is -2.04. The molecule has 0 saturated carbocycles. The number of phenolic OH excluding ortho intramolecular Hbond substituents is 1. The summed E-state index contributed by atoms with van der Waals surface area (Å²) in [4.78, 5) is 10.4. The van der Waals surface area contributed by atoms with Crippen LogP contribution in [0.25, 0.3) is 0 Å². The predicted molar refractivity (Wildman–Crippen MR) is 47.8 cm³/mol. The summed E-state index contributed by atoms with van der Waals surface area (Å²) in [5.74, 6) is -0.771. The average Bonchev–Trinajstić information content (AvgIpc) is 2.01. The third kappa shape index (κ3) is 2.41. The lowest BCUT2D eigenvalue weighted by Gasteiger charge is -2.08. The molecule has 0 aliphatic heterocycles. The highest BCUT2D eigenvalue weighted by Crippen LogP contribution is 2.31. The Kier molecular flexibility index (Phi) is 3.40. The molecule has 0 saturated heterocycles. The van der Waals surface area contributed by atoms with Crippen molar-refractivity contribution in [2.45, 2.75) is 6.61 Å². The van der Waals surface area contributed by atoms with Gasteiger partial charge in [0.25, 0.3) is 0 Å². The number of aromatic hydroxyl groups is 1. The minimum Gasteiger partial charge on any atom is -0.507 e. The maximum atomic E-state index is 11.9. The van der Waals surface area contributed by atoms with Gasteiger partial charge in [0.05, 0.1) is 5.56 Å². The van der Waals surface area contributed by atoms with Gasteiger partial charge in [-0.3, -0.25) is 4.79 Å². The van der Waals surface area contributed by atoms with E-state index in [1.165, 1.54) is 12.1 Å².